The number of nitrogens with zero attached hydrogens (tertiary/aromatic N) is 1. The second kappa shape index (κ2) is 8.84. The van der Waals surface area contributed by atoms with Crippen molar-refractivity contribution >= 4 is 11.9 Å². The molecule has 0 aromatic rings. The van der Waals surface area contributed by atoms with E-state index in [0.29, 0.717) is 19.5 Å². The fourth-order valence-electron chi connectivity index (χ4n) is 1.37. The molecule has 0 aliphatic heterocycles. The van der Waals surface area contributed by atoms with Gasteiger partial charge in [-0.3, -0.25) is 15.3 Å². The van der Waals surface area contributed by atoms with Crippen LogP contribution in [-0.2, 0) is 14.3 Å². The largest absolute Gasteiger partial charge is 0.436 e. The molecule has 0 heterocycles. The van der Waals surface area contributed by atoms with E-state index in [1.165, 1.54) is 0 Å². The summed E-state index contributed by atoms with van der Waals surface area (Å²) < 4.78 is 4.82. The molecule has 0 bridgehead atoms. The average Bonchev–Trinajstić information content (AvgIpc) is 2.27. The zero-order valence-corrected chi connectivity index (χ0v) is 12.2. The number of hydrogen-bond acceptors (Lipinski definition) is 6. The topological polar surface area (TPSA) is 111 Å². The molecule has 2 atom stereocenters. The van der Waals surface area contributed by atoms with Crippen LogP contribution < -0.4 is 16.8 Å². The van der Waals surface area contributed by atoms with E-state index in [-0.39, 0.29) is 5.92 Å². The van der Waals surface area contributed by atoms with Crippen LogP contribution in [0.2, 0.25) is 0 Å². The van der Waals surface area contributed by atoms with Crippen molar-refractivity contribution in [2.45, 2.75) is 32.5 Å². The number of nitrogens with two attached hydrogens (primary N) is 2. The number of likely N-dealkylation sites (N-methyl/N-ethyl adjacent to an activating group) is 1. The van der Waals surface area contributed by atoms with E-state index in [1.54, 1.807) is 0 Å². The molecule has 19 heavy (non-hydrogen) atoms. The molecular formula is C12H26N4O3. The Balaban J connectivity index is 4.03. The number of rotatable bonds is 8. The number of nitrogens with one attached hydrogen (secondary N) is 1. The molecule has 0 spiro atoms. The van der Waals surface area contributed by atoms with Gasteiger partial charge >= 0.3 is 5.97 Å². The number of amides is 1. The molecule has 0 aliphatic carbocycles. The van der Waals surface area contributed by atoms with E-state index in [4.69, 9.17) is 16.2 Å². The van der Waals surface area contributed by atoms with Gasteiger partial charge in [0, 0.05) is 13.1 Å². The smallest absolute Gasteiger partial charge is 0.324 e. The van der Waals surface area contributed by atoms with Crippen LogP contribution in [0.1, 0.15) is 20.3 Å². The Hall–Kier alpha value is -1.18. The van der Waals surface area contributed by atoms with Gasteiger partial charge in [0.25, 0.3) is 5.91 Å². The van der Waals surface area contributed by atoms with Gasteiger partial charge in [-0.15, -0.1) is 0 Å². The molecule has 7 heteroatoms. The maximum atomic E-state index is 11.6. The number of hydrogen-bond donors (Lipinski definition) is 3. The Kier molecular flexibility index (Phi) is 8.29. The van der Waals surface area contributed by atoms with Crippen molar-refractivity contribution in [2.75, 3.05) is 27.2 Å². The number of esters is 1. The highest BCUT2D eigenvalue weighted by Gasteiger charge is 2.23. The van der Waals surface area contributed by atoms with Crippen LogP contribution in [0.4, 0.5) is 0 Å². The molecule has 0 unspecified atom stereocenters. The van der Waals surface area contributed by atoms with Gasteiger partial charge in [0.2, 0.25) is 6.23 Å². The summed E-state index contributed by atoms with van der Waals surface area (Å²) in [5.74, 6) is -0.899. The summed E-state index contributed by atoms with van der Waals surface area (Å²) >= 11 is 0. The second-order valence-corrected chi connectivity index (χ2v) is 5.19. The van der Waals surface area contributed by atoms with E-state index in [9.17, 15) is 9.59 Å². The van der Waals surface area contributed by atoms with Crippen molar-refractivity contribution in [1.82, 2.24) is 10.2 Å². The minimum Gasteiger partial charge on any atom is -0.436 e. The summed E-state index contributed by atoms with van der Waals surface area (Å²) in [4.78, 5) is 25.0. The first-order valence-electron chi connectivity index (χ1n) is 6.38. The van der Waals surface area contributed by atoms with Gasteiger partial charge in [-0.05, 0) is 26.4 Å². The highest BCUT2D eigenvalue weighted by Crippen LogP contribution is 2.04. The van der Waals surface area contributed by atoms with E-state index in [1.807, 2.05) is 32.8 Å². The Bertz CT molecular complexity index is 295. The van der Waals surface area contributed by atoms with Crippen LogP contribution >= 0.6 is 0 Å². The lowest BCUT2D eigenvalue weighted by atomic mass is 10.1. The Labute approximate surface area is 114 Å². The average molecular weight is 274 g/mol. The maximum Gasteiger partial charge on any atom is 0.324 e. The number of carbonyl (C=O) groups is 2. The lowest BCUT2D eigenvalue weighted by Gasteiger charge is -2.18. The molecule has 0 aromatic heterocycles. The predicted molar refractivity (Wildman–Crippen MR) is 73.1 cm³/mol. The van der Waals surface area contributed by atoms with Crippen LogP contribution in [0.25, 0.3) is 0 Å². The molecule has 7 nitrogen and oxygen atoms in total. The molecule has 0 radical (unpaired) electrons. The summed E-state index contributed by atoms with van der Waals surface area (Å²) in [5.41, 5.74) is 11.1. The van der Waals surface area contributed by atoms with Crippen molar-refractivity contribution in [3.8, 4) is 0 Å². The van der Waals surface area contributed by atoms with Gasteiger partial charge in [0.05, 0.1) is 0 Å². The van der Waals surface area contributed by atoms with Crippen LogP contribution in [0.15, 0.2) is 0 Å². The van der Waals surface area contributed by atoms with Gasteiger partial charge < -0.3 is 20.7 Å². The quantitative estimate of drug-likeness (QED) is 0.381. The summed E-state index contributed by atoms with van der Waals surface area (Å²) in [6.07, 6.45) is -0.818. The minimum absolute atomic E-state index is 0.271. The van der Waals surface area contributed by atoms with Gasteiger partial charge in [0.15, 0.2) is 0 Å². The van der Waals surface area contributed by atoms with Gasteiger partial charge in [-0.25, -0.2) is 0 Å². The van der Waals surface area contributed by atoms with E-state index < -0.39 is 24.1 Å². The molecular weight excluding hydrogens is 248 g/mol. The summed E-state index contributed by atoms with van der Waals surface area (Å²) in [6, 6.07) is -0.749. The first-order valence-corrected chi connectivity index (χ1v) is 6.38. The van der Waals surface area contributed by atoms with Crippen molar-refractivity contribution in [3.05, 3.63) is 0 Å². The molecule has 1 amide bonds. The molecule has 0 saturated carbocycles. The summed E-state index contributed by atoms with van der Waals surface area (Å²) in [7, 11) is 3.77. The monoisotopic (exact) mass is 274 g/mol. The van der Waals surface area contributed by atoms with Crippen LogP contribution in [0.5, 0.6) is 0 Å². The fourth-order valence-corrected chi connectivity index (χ4v) is 1.37. The van der Waals surface area contributed by atoms with Gasteiger partial charge in [-0.2, -0.15) is 0 Å². The van der Waals surface area contributed by atoms with Crippen molar-refractivity contribution in [1.29, 1.82) is 0 Å². The van der Waals surface area contributed by atoms with Crippen LogP contribution in [-0.4, -0.2) is 56.2 Å². The van der Waals surface area contributed by atoms with E-state index in [2.05, 4.69) is 5.32 Å². The zero-order chi connectivity index (χ0) is 15.0. The molecule has 0 saturated heterocycles. The number of ether oxygens (including phenoxy) is 1. The summed E-state index contributed by atoms with van der Waals surface area (Å²) in [5, 5.41) is 2.58. The van der Waals surface area contributed by atoms with E-state index >= 15 is 0 Å². The third-order valence-electron chi connectivity index (χ3n) is 2.39. The van der Waals surface area contributed by atoms with Crippen LogP contribution in [0.3, 0.4) is 0 Å². The van der Waals surface area contributed by atoms with Crippen molar-refractivity contribution < 1.29 is 14.3 Å². The minimum atomic E-state index is -1.31. The molecule has 0 aromatic carbocycles. The maximum absolute atomic E-state index is 11.6. The fraction of sp³-hybridized carbons (Fsp3) is 0.833. The van der Waals surface area contributed by atoms with Crippen molar-refractivity contribution in [3.63, 3.8) is 0 Å². The molecule has 112 valence electrons. The molecule has 5 N–H and O–H groups in total. The third-order valence-corrected chi connectivity index (χ3v) is 2.39. The lowest BCUT2D eigenvalue weighted by Crippen LogP contribution is -2.47. The highest BCUT2D eigenvalue weighted by molar-refractivity contribution is 5.84. The van der Waals surface area contributed by atoms with Gasteiger partial charge in [0.1, 0.15) is 6.04 Å². The Morgan fingerprint density at radius 2 is 1.84 bits per heavy atom. The Morgan fingerprint density at radius 1 is 1.26 bits per heavy atom. The molecule has 0 fully saturated rings. The SMILES string of the molecule is CC(C)C[C@@H](N)C(=O)O[C@@H](N)C(=O)NCCN(C)C. The third kappa shape index (κ3) is 8.52. The number of carbonyl (C=O) groups excluding carboxylic acids is 2. The normalized spacial score (nSPS) is 14.3. The standard InChI is InChI=1S/C12H26N4O3/c1-8(2)7-9(13)12(18)19-10(14)11(17)15-5-6-16(3)4/h8-10H,5-7,13-14H2,1-4H3,(H,15,17)/t9-,10-/m1/s1. The highest BCUT2D eigenvalue weighted by atomic mass is 16.6. The van der Waals surface area contributed by atoms with Crippen LogP contribution in [0, 0.1) is 5.92 Å². The van der Waals surface area contributed by atoms with Gasteiger partial charge in [-0.1, -0.05) is 13.8 Å². The second-order valence-electron chi connectivity index (χ2n) is 5.19. The first kappa shape index (κ1) is 17.8. The first-order chi connectivity index (χ1) is 8.73. The Morgan fingerprint density at radius 3 is 2.32 bits per heavy atom. The zero-order valence-electron chi connectivity index (χ0n) is 12.2. The molecule has 0 aliphatic rings. The van der Waals surface area contributed by atoms with Crippen molar-refractivity contribution in [2.24, 2.45) is 17.4 Å². The molecule has 0 rings (SSSR count). The van der Waals surface area contributed by atoms with E-state index in [0.717, 1.165) is 0 Å². The summed E-state index contributed by atoms with van der Waals surface area (Å²) in [6.45, 7) is 5.01. The lowest BCUT2D eigenvalue weighted by molar-refractivity contribution is -0.157. The predicted octanol–water partition coefficient (Wildman–Crippen LogP) is -1.13.